The molecule has 0 radical (unpaired) electrons. The first-order valence-corrected chi connectivity index (χ1v) is 5.66. The average Bonchev–Trinajstić information content (AvgIpc) is 2.55. The third kappa shape index (κ3) is 3.52. The number of rotatable bonds is 1. The topological polar surface area (TPSA) is 38.7 Å². The molecular formula is C10H19BO3S. The van der Waals surface area contributed by atoms with Gasteiger partial charge in [-0.15, -0.1) is 0 Å². The van der Waals surface area contributed by atoms with E-state index in [1.165, 1.54) is 5.57 Å². The maximum absolute atomic E-state index is 6.94. The molecule has 0 aromatic heterocycles. The largest absolute Gasteiger partial charge is 0.390 e. The van der Waals surface area contributed by atoms with Crippen LogP contribution in [0.1, 0.15) is 20.3 Å². The van der Waals surface area contributed by atoms with Gasteiger partial charge in [0, 0.05) is 0 Å². The van der Waals surface area contributed by atoms with E-state index in [9.17, 15) is 0 Å². The summed E-state index contributed by atoms with van der Waals surface area (Å²) in [5, 5.41) is 4.63. The Hall–Kier alpha value is 0.0349. The SMILES string of the molecule is [2H]B(C)S.[3H]O[C@@H]1CC(C)=C[C@H]2OC(C)O[C@H]21. The summed E-state index contributed by atoms with van der Waals surface area (Å²) in [5.74, 6) is 0. The normalized spacial score (nSPS) is 40.4. The van der Waals surface area contributed by atoms with Gasteiger partial charge < -0.3 is 14.6 Å². The standard InChI is InChI=1S/C9H14O3.CH5BS/c1-5-3-7(10)9-8(4-5)11-6(2)12-9;1-2-3/h4,6-10H,3H2,1-2H3;2-3H,1H3/t6?,7-,8-,9+;/m1./s1/i10T;2D. The van der Waals surface area contributed by atoms with Crippen molar-refractivity contribution in [1.82, 2.24) is 0 Å². The number of hydrogen-bond acceptors (Lipinski definition) is 4. The van der Waals surface area contributed by atoms with Crippen molar-refractivity contribution in [2.24, 2.45) is 0 Å². The fourth-order valence-electron chi connectivity index (χ4n) is 1.84. The quantitative estimate of drug-likeness (QED) is 0.405. The summed E-state index contributed by atoms with van der Waals surface area (Å²) >= 11 is 3.63. The zero-order valence-electron chi connectivity index (χ0n) is 11.3. The maximum Gasteiger partial charge on any atom is 0.211 e. The molecule has 1 fully saturated rings. The molecule has 86 valence electrons. The first-order chi connectivity index (χ1) is 7.93. The van der Waals surface area contributed by atoms with Crippen LogP contribution in [0.15, 0.2) is 11.6 Å². The minimum Gasteiger partial charge on any atom is -0.390 e. The van der Waals surface area contributed by atoms with Gasteiger partial charge in [0.2, 0.25) is 1.43 Å². The Morgan fingerprint density at radius 1 is 1.80 bits per heavy atom. The van der Waals surface area contributed by atoms with E-state index in [2.05, 4.69) is 23.7 Å². The van der Waals surface area contributed by atoms with Crippen molar-refractivity contribution in [2.45, 2.75) is 51.7 Å². The Kier molecular flexibility index (Phi) is 4.04. The van der Waals surface area contributed by atoms with Crippen LogP contribution >= 0.6 is 12.5 Å². The zero-order chi connectivity index (χ0) is 13.0. The molecule has 0 spiro atoms. The van der Waals surface area contributed by atoms with Gasteiger partial charge in [0.05, 0.1) is 6.10 Å². The van der Waals surface area contributed by atoms with Gasteiger partial charge >= 0.3 is 0 Å². The lowest BCUT2D eigenvalue weighted by molar-refractivity contribution is -0.0679. The summed E-state index contributed by atoms with van der Waals surface area (Å²) in [6.07, 6.45) is 2.33. The molecule has 15 heavy (non-hydrogen) atoms. The highest BCUT2D eigenvalue weighted by Crippen LogP contribution is 2.30. The van der Waals surface area contributed by atoms with E-state index in [0.29, 0.717) is 0 Å². The molecule has 1 aliphatic heterocycles. The smallest absolute Gasteiger partial charge is 0.211 e. The van der Waals surface area contributed by atoms with Gasteiger partial charge in [0.1, 0.15) is 12.2 Å². The van der Waals surface area contributed by atoms with Gasteiger partial charge in [0.15, 0.2) is 12.8 Å². The van der Waals surface area contributed by atoms with Crippen LogP contribution in [0.2, 0.25) is 6.82 Å². The summed E-state index contributed by atoms with van der Waals surface area (Å²) in [5.41, 5.74) is 1.20. The highest BCUT2D eigenvalue weighted by Gasteiger charge is 2.39. The second-order valence-corrected chi connectivity index (χ2v) is 4.30. The second-order valence-electron chi connectivity index (χ2n) is 3.78. The molecule has 0 bridgehead atoms. The fraction of sp³-hybridized carbons (Fsp3) is 0.800. The van der Waals surface area contributed by atoms with Gasteiger partial charge in [-0.05, 0) is 21.6 Å². The van der Waals surface area contributed by atoms with Gasteiger partial charge in [0.25, 0.3) is 0 Å². The number of thiol groups is 1. The maximum atomic E-state index is 6.94. The fourth-order valence-corrected chi connectivity index (χ4v) is 1.84. The Bertz CT molecular complexity index is 276. The van der Waals surface area contributed by atoms with E-state index < -0.39 is 0 Å². The summed E-state index contributed by atoms with van der Waals surface area (Å²) in [6.45, 7) is 5.36. The Morgan fingerprint density at radius 3 is 3.07 bits per heavy atom. The molecule has 5 heteroatoms. The summed E-state index contributed by atoms with van der Waals surface area (Å²) < 4.78 is 24.4. The van der Waals surface area contributed by atoms with Gasteiger partial charge in [-0.1, -0.05) is 18.5 Å². The lowest BCUT2D eigenvalue weighted by Crippen LogP contribution is -2.37. The Labute approximate surface area is 100 Å². The number of aliphatic hydroxyl groups is 1. The predicted molar refractivity (Wildman–Crippen MR) is 65.6 cm³/mol. The molecule has 1 unspecified atom stereocenters. The van der Waals surface area contributed by atoms with Gasteiger partial charge in [-0.3, -0.25) is 0 Å². The van der Waals surface area contributed by atoms with Crippen molar-refractivity contribution in [3.05, 3.63) is 11.6 Å². The molecule has 0 amide bonds. The molecule has 0 aromatic carbocycles. The molecule has 0 aromatic rings. The van der Waals surface area contributed by atoms with Crippen LogP contribution in [-0.2, 0) is 9.47 Å². The molecule has 1 aliphatic carbocycles. The molecule has 1 heterocycles. The van der Waals surface area contributed by atoms with E-state index in [1.807, 2.05) is 13.8 Å². The van der Waals surface area contributed by atoms with Crippen LogP contribution in [0.4, 0.5) is 0 Å². The van der Waals surface area contributed by atoms with Crippen molar-refractivity contribution in [3.63, 3.8) is 0 Å². The molecule has 1 N–H and O–H groups in total. The van der Waals surface area contributed by atoms with Crippen molar-refractivity contribution >= 4 is 19.0 Å². The molecule has 2 rings (SSSR count). The van der Waals surface area contributed by atoms with Crippen LogP contribution in [0.3, 0.4) is 0 Å². The molecule has 1 saturated heterocycles. The van der Waals surface area contributed by atoms with E-state index in [0.717, 1.165) is 6.42 Å². The Balaban J connectivity index is 0.000000317. The van der Waals surface area contributed by atoms with Gasteiger partial charge in [-0.2, -0.15) is 0 Å². The Morgan fingerprint density at radius 2 is 2.47 bits per heavy atom. The van der Waals surface area contributed by atoms with Crippen LogP contribution in [0, 0.1) is 0 Å². The van der Waals surface area contributed by atoms with Crippen molar-refractivity contribution in [1.29, 1.82) is 2.77 Å². The van der Waals surface area contributed by atoms with E-state index in [4.69, 9.17) is 12.2 Å². The van der Waals surface area contributed by atoms with Crippen LogP contribution in [0.5, 0.6) is 0 Å². The molecule has 3 nitrogen and oxygen atoms in total. The lowest BCUT2D eigenvalue weighted by Gasteiger charge is -2.25. The van der Waals surface area contributed by atoms with Crippen molar-refractivity contribution in [2.75, 3.05) is 0 Å². The summed E-state index contributed by atoms with van der Waals surface area (Å²) in [7, 11) is 0. The monoisotopic (exact) mass is 233 g/mol. The van der Waals surface area contributed by atoms with Crippen LogP contribution < -0.4 is 0 Å². The van der Waals surface area contributed by atoms with Crippen molar-refractivity contribution < 1.29 is 14.6 Å². The zero-order valence-corrected chi connectivity index (χ0v) is 10.2. The van der Waals surface area contributed by atoms with E-state index in [1.54, 1.807) is 6.82 Å². The number of aliphatic hydroxyl groups excluding tert-OH is 1. The van der Waals surface area contributed by atoms with Crippen molar-refractivity contribution in [3.8, 4) is 0 Å². The summed E-state index contributed by atoms with van der Waals surface area (Å²) in [4.78, 5) is 0. The van der Waals surface area contributed by atoms with Gasteiger partial charge in [-0.25, -0.2) is 12.5 Å². The highest BCUT2D eigenvalue weighted by molar-refractivity contribution is 8.06. The highest BCUT2D eigenvalue weighted by atomic mass is 32.1. The van der Waals surface area contributed by atoms with Crippen LogP contribution in [-0.4, -0.2) is 39.0 Å². The third-order valence-electron chi connectivity index (χ3n) is 2.36. The first-order valence-electron chi connectivity index (χ1n) is 6.13. The lowest BCUT2D eigenvalue weighted by atomic mass is 9.93. The minimum atomic E-state index is -0.222. The average molecular weight is 233 g/mol. The molecule has 4 atom stereocenters. The number of hydrogen-bond donors (Lipinski definition) is 2. The molecular weight excluding hydrogens is 211 g/mol. The van der Waals surface area contributed by atoms with E-state index >= 15 is 0 Å². The second kappa shape index (κ2) is 5.94. The predicted octanol–water partition coefficient (Wildman–Crippen LogP) is 1.14. The molecule has 2 aliphatic rings. The van der Waals surface area contributed by atoms with Crippen LogP contribution in [0.25, 0.3) is 0 Å². The summed E-state index contributed by atoms with van der Waals surface area (Å²) in [6, 6.07) is 0. The third-order valence-corrected chi connectivity index (χ3v) is 2.36. The number of fused-ring (bicyclic) bond motifs is 1. The molecule has 0 saturated carbocycles. The minimum absolute atomic E-state index is 0.0286. The first kappa shape index (κ1) is 10.2. The number of ether oxygens (including phenoxy) is 2. The van der Waals surface area contributed by atoms with E-state index in [-0.39, 0.29) is 31.1 Å².